The van der Waals surface area contributed by atoms with Crippen LogP contribution >= 0.6 is 35.6 Å². The van der Waals surface area contributed by atoms with E-state index in [0.29, 0.717) is 28.4 Å². The third-order valence-corrected chi connectivity index (χ3v) is 6.38. The Morgan fingerprint density at radius 2 is 1.72 bits per heavy atom. The zero-order chi connectivity index (χ0) is 21.0. The van der Waals surface area contributed by atoms with Crippen LogP contribution in [-0.2, 0) is 16.1 Å². The maximum atomic E-state index is 12.5. The molecule has 2 aromatic rings. The Labute approximate surface area is 186 Å². The minimum atomic E-state index is -0.423. The second-order valence-corrected chi connectivity index (χ2v) is 9.67. The topological polar surface area (TPSA) is 49.4 Å². The average molecular weight is 447 g/mol. The molecule has 2 aromatic carbocycles. The van der Waals surface area contributed by atoms with Gasteiger partial charge in [-0.25, -0.2) is 0 Å². The van der Waals surface area contributed by atoms with Gasteiger partial charge < -0.3 is 5.32 Å². The molecular formula is C22H23ClN2O2S2. The fourth-order valence-corrected chi connectivity index (χ4v) is 4.69. The van der Waals surface area contributed by atoms with Crippen molar-refractivity contribution in [2.75, 3.05) is 6.54 Å². The molecule has 1 aliphatic heterocycles. The first-order chi connectivity index (χ1) is 13.8. The van der Waals surface area contributed by atoms with Gasteiger partial charge in [-0.05, 0) is 34.7 Å². The van der Waals surface area contributed by atoms with Gasteiger partial charge >= 0.3 is 0 Å². The lowest BCUT2D eigenvalue weighted by Crippen LogP contribution is -2.36. The number of nitrogens with zero attached hydrogens (tertiary/aromatic N) is 1. The quantitative estimate of drug-likeness (QED) is 0.614. The zero-order valence-corrected chi connectivity index (χ0v) is 18.7. The van der Waals surface area contributed by atoms with Crippen molar-refractivity contribution in [2.24, 2.45) is 5.92 Å². The van der Waals surface area contributed by atoms with Crippen LogP contribution in [0.5, 0.6) is 0 Å². The van der Waals surface area contributed by atoms with E-state index in [-0.39, 0.29) is 18.2 Å². The highest BCUT2D eigenvalue weighted by atomic mass is 35.5. The van der Waals surface area contributed by atoms with Gasteiger partial charge in [-0.15, -0.1) is 0 Å². The molecule has 1 unspecified atom stereocenters. The number of carbonyl (C=O) groups is 2. The van der Waals surface area contributed by atoms with E-state index < -0.39 is 5.25 Å². The Morgan fingerprint density at radius 1 is 1.14 bits per heavy atom. The predicted octanol–water partition coefficient (Wildman–Crippen LogP) is 4.90. The van der Waals surface area contributed by atoms with E-state index >= 15 is 0 Å². The molecule has 0 aliphatic carbocycles. The molecule has 2 amide bonds. The van der Waals surface area contributed by atoms with E-state index in [1.807, 2.05) is 62.4 Å². The molecule has 0 aromatic heterocycles. The number of carbonyl (C=O) groups excluding carboxylic acids is 2. The largest absolute Gasteiger partial charge is 0.352 e. The summed E-state index contributed by atoms with van der Waals surface area (Å²) >= 11 is 12.5. The van der Waals surface area contributed by atoms with Gasteiger partial charge in [0.1, 0.15) is 4.32 Å². The third-order valence-electron chi connectivity index (χ3n) is 4.54. The molecule has 1 N–H and O–H groups in total. The fourth-order valence-electron chi connectivity index (χ4n) is 3.06. The average Bonchev–Trinajstić information content (AvgIpc) is 2.94. The van der Waals surface area contributed by atoms with E-state index in [4.69, 9.17) is 23.8 Å². The molecule has 1 fully saturated rings. The molecule has 1 aliphatic rings. The van der Waals surface area contributed by atoms with Gasteiger partial charge in [0.15, 0.2) is 0 Å². The number of rotatable bonds is 7. The van der Waals surface area contributed by atoms with Crippen molar-refractivity contribution in [1.29, 1.82) is 0 Å². The number of thiocarbonyl (C=S) groups is 1. The van der Waals surface area contributed by atoms with Gasteiger partial charge in [0.2, 0.25) is 11.8 Å². The Hall–Kier alpha value is -1.89. The molecule has 7 heteroatoms. The molecule has 29 heavy (non-hydrogen) atoms. The van der Waals surface area contributed by atoms with E-state index in [1.165, 1.54) is 11.8 Å². The van der Waals surface area contributed by atoms with E-state index in [0.717, 1.165) is 16.7 Å². The van der Waals surface area contributed by atoms with Crippen LogP contribution in [0.25, 0.3) is 11.1 Å². The molecule has 152 valence electrons. The van der Waals surface area contributed by atoms with Crippen molar-refractivity contribution in [1.82, 2.24) is 10.2 Å². The first kappa shape index (κ1) is 21.8. The number of nitrogens with one attached hydrogen (secondary N) is 1. The summed E-state index contributed by atoms with van der Waals surface area (Å²) in [5, 5.41) is 3.19. The van der Waals surface area contributed by atoms with Gasteiger partial charge in [0, 0.05) is 24.5 Å². The van der Waals surface area contributed by atoms with Crippen LogP contribution in [0.2, 0.25) is 5.02 Å². The molecule has 0 spiro atoms. The number of hydrogen-bond acceptors (Lipinski definition) is 4. The minimum absolute atomic E-state index is 0.0591. The maximum absolute atomic E-state index is 12.5. The summed E-state index contributed by atoms with van der Waals surface area (Å²) in [5.41, 5.74) is 3.17. The van der Waals surface area contributed by atoms with Crippen molar-refractivity contribution in [3.05, 3.63) is 59.1 Å². The highest BCUT2D eigenvalue weighted by Crippen LogP contribution is 2.30. The van der Waals surface area contributed by atoms with Crippen LogP contribution < -0.4 is 5.32 Å². The number of benzene rings is 2. The van der Waals surface area contributed by atoms with Crippen molar-refractivity contribution >= 4 is 51.7 Å². The summed E-state index contributed by atoms with van der Waals surface area (Å²) in [5.74, 6) is 0.129. The molecule has 0 bridgehead atoms. The van der Waals surface area contributed by atoms with Crippen LogP contribution in [0.1, 0.15) is 25.8 Å². The number of halogens is 1. The molecule has 1 heterocycles. The van der Waals surface area contributed by atoms with Gasteiger partial charge in [-0.3, -0.25) is 14.5 Å². The van der Waals surface area contributed by atoms with Crippen LogP contribution in [-0.4, -0.2) is 32.8 Å². The summed E-state index contributed by atoms with van der Waals surface area (Å²) in [6, 6.07) is 15.7. The predicted molar refractivity (Wildman–Crippen MR) is 124 cm³/mol. The molecule has 3 rings (SSSR count). The Bertz CT molecular complexity index is 898. The van der Waals surface area contributed by atoms with Crippen LogP contribution in [0.3, 0.4) is 0 Å². The molecule has 1 saturated heterocycles. The summed E-state index contributed by atoms with van der Waals surface area (Å²) in [6.07, 6.45) is 0.140. The minimum Gasteiger partial charge on any atom is -0.352 e. The lowest BCUT2D eigenvalue weighted by Gasteiger charge is -2.17. The lowest BCUT2D eigenvalue weighted by atomic mass is 10.0. The van der Waals surface area contributed by atoms with Crippen LogP contribution in [0.15, 0.2) is 48.5 Å². The highest BCUT2D eigenvalue weighted by molar-refractivity contribution is 8.24. The molecule has 1 atom stereocenters. The van der Waals surface area contributed by atoms with Gasteiger partial charge in [-0.1, -0.05) is 85.8 Å². The SMILES string of the molecule is CC(C)CN1C(=O)C(CC(=O)NCc2ccc(-c3ccc(Cl)cc3)cc2)SC1=S. The fraction of sp³-hybridized carbons (Fsp3) is 0.318. The maximum Gasteiger partial charge on any atom is 0.242 e. The smallest absolute Gasteiger partial charge is 0.242 e. The Balaban J connectivity index is 1.51. The van der Waals surface area contributed by atoms with E-state index in [1.54, 1.807) is 4.90 Å². The summed E-state index contributed by atoms with van der Waals surface area (Å²) in [4.78, 5) is 26.4. The number of amides is 2. The van der Waals surface area contributed by atoms with Crippen molar-refractivity contribution < 1.29 is 9.59 Å². The van der Waals surface area contributed by atoms with Gasteiger partial charge in [0.25, 0.3) is 0 Å². The second-order valence-electron chi connectivity index (χ2n) is 7.40. The van der Waals surface area contributed by atoms with Crippen LogP contribution in [0, 0.1) is 5.92 Å². The first-order valence-corrected chi connectivity index (χ1v) is 11.1. The second kappa shape index (κ2) is 9.74. The molecule has 0 saturated carbocycles. The van der Waals surface area contributed by atoms with Crippen molar-refractivity contribution in [3.8, 4) is 11.1 Å². The van der Waals surface area contributed by atoms with E-state index in [9.17, 15) is 9.59 Å². The summed E-state index contributed by atoms with van der Waals surface area (Å²) in [6.45, 7) is 5.10. The highest BCUT2D eigenvalue weighted by Gasteiger charge is 2.38. The zero-order valence-electron chi connectivity index (χ0n) is 16.4. The van der Waals surface area contributed by atoms with Gasteiger partial charge in [0.05, 0.1) is 5.25 Å². The molecular weight excluding hydrogens is 424 g/mol. The first-order valence-electron chi connectivity index (χ1n) is 9.47. The standard InChI is InChI=1S/C22H23ClN2O2S2/c1-14(2)13-25-21(27)19(29-22(25)28)11-20(26)24-12-15-3-5-16(6-4-15)17-7-9-18(23)10-8-17/h3-10,14,19H,11-13H2,1-2H3,(H,24,26). The van der Waals surface area contributed by atoms with E-state index in [2.05, 4.69) is 5.32 Å². The summed E-state index contributed by atoms with van der Waals surface area (Å²) in [7, 11) is 0. The monoisotopic (exact) mass is 446 g/mol. The normalized spacial score (nSPS) is 16.6. The Kier molecular flexibility index (Phi) is 7.33. The van der Waals surface area contributed by atoms with Crippen molar-refractivity contribution in [3.63, 3.8) is 0 Å². The van der Waals surface area contributed by atoms with Gasteiger partial charge in [-0.2, -0.15) is 0 Å². The number of hydrogen-bond donors (Lipinski definition) is 1. The number of thioether (sulfide) groups is 1. The molecule has 4 nitrogen and oxygen atoms in total. The van der Waals surface area contributed by atoms with Crippen molar-refractivity contribution in [2.45, 2.75) is 32.1 Å². The molecule has 0 radical (unpaired) electrons. The Morgan fingerprint density at radius 3 is 2.31 bits per heavy atom. The lowest BCUT2D eigenvalue weighted by molar-refractivity contribution is -0.129. The summed E-state index contributed by atoms with van der Waals surface area (Å²) < 4.78 is 0.569. The third kappa shape index (κ3) is 5.81. The van der Waals surface area contributed by atoms with Crippen LogP contribution in [0.4, 0.5) is 0 Å².